The quantitative estimate of drug-likeness (QED) is 0.598. The van der Waals surface area contributed by atoms with Gasteiger partial charge < -0.3 is 0 Å². The van der Waals surface area contributed by atoms with Crippen LogP contribution in [0.25, 0.3) is 0 Å². The lowest BCUT2D eigenvalue weighted by Gasteiger charge is -2.18. The van der Waals surface area contributed by atoms with Gasteiger partial charge in [0.05, 0.1) is 23.6 Å². The lowest BCUT2D eigenvalue weighted by molar-refractivity contribution is 1.42. The van der Waals surface area contributed by atoms with Crippen LogP contribution in [-0.4, -0.2) is 18.5 Å². The van der Waals surface area contributed by atoms with Crippen molar-refractivity contribution in [1.82, 2.24) is 0 Å². The average Bonchev–Trinajstić information content (AvgIpc) is 2.01. The van der Waals surface area contributed by atoms with E-state index in [9.17, 15) is 0 Å². The van der Waals surface area contributed by atoms with Crippen molar-refractivity contribution in [3.05, 3.63) is 0 Å². The Kier molecular flexibility index (Phi) is 5.89. The molecule has 0 spiro atoms. The maximum Gasteiger partial charge on any atom is 0.168 e. The molecule has 0 saturated carbocycles. The summed E-state index contributed by atoms with van der Waals surface area (Å²) in [6, 6.07) is 0. The van der Waals surface area contributed by atoms with Crippen molar-refractivity contribution in [2.45, 2.75) is 20.8 Å². The summed E-state index contributed by atoms with van der Waals surface area (Å²) < 4.78 is 0. The Morgan fingerprint density at radius 2 is 1.60 bits per heavy atom. The van der Waals surface area contributed by atoms with E-state index in [1.54, 1.807) is 0 Å². The second-order valence-electron chi connectivity index (χ2n) is 2.11. The van der Waals surface area contributed by atoms with Crippen LogP contribution in [0.1, 0.15) is 20.8 Å². The van der Waals surface area contributed by atoms with Gasteiger partial charge in [0.25, 0.3) is 0 Å². The van der Waals surface area contributed by atoms with E-state index in [2.05, 4.69) is 20.8 Å². The summed E-state index contributed by atoms with van der Waals surface area (Å²) in [5, 5.41) is 0. The molecule has 10 heavy (non-hydrogen) atoms. The zero-order chi connectivity index (χ0) is 8.20. The molecule has 0 rings (SSSR count). The molecule has 4 heteroatoms. The van der Waals surface area contributed by atoms with E-state index in [1.807, 2.05) is 0 Å². The summed E-state index contributed by atoms with van der Waals surface area (Å²) in [4.78, 5) is 0. The molecule has 0 aliphatic rings. The highest BCUT2D eigenvalue weighted by atomic mass is 35.7. The number of hydrogen-bond donors (Lipinski definition) is 0. The van der Waals surface area contributed by atoms with Gasteiger partial charge in [-0.05, 0) is 25.1 Å². The van der Waals surface area contributed by atoms with E-state index < -0.39 is 6.30 Å². The molecule has 0 radical (unpaired) electrons. The van der Waals surface area contributed by atoms with Crippen LogP contribution in [0, 0.1) is 0 Å². The Bertz CT molecular complexity index is 93.7. The summed E-state index contributed by atoms with van der Waals surface area (Å²) in [7, 11) is 0. The fourth-order valence-electron chi connectivity index (χ4n) is 0.784. The topological polar surface area (TPSA) is 0 Å². The van der Waals surface area contributed by atoms with Crippen molar-refractivity contribution in [3.63, 3.8) is 0 Å². The van der Waals surface area contributed by atoms with Gasteiger partial charge >= 0.3 is 0 Å². The second kappa shape index (κ2) is 5.15. The molecule has 0 amide bonds. The fraction of sp³-hybridized carbons (Fsp3) is 1.00. The highest BCUT2D eigenvalue weighted by Crippen LogP contribution is 2.89. The predicted octanol–water partition coefficient (Wildman–Crippen LogP) is 4.77. The minimum absolute atomic E-state index is 0.375. The van der Waals surface area contributed by atoms with E-state index in [0.717, 1.165) is 18.5 Å². The molecule has 0 aromatic heterocycles. The van der Waals surface area contributed by atoms with Crippen LogP contribution in [0.15, 0.2) is 0 Å². The summed E-state index contributed by atoms with van der Waals surface area (Å²) in [5.41, 5.74) is 0. The molecule has 0 heterocycles. The number of rotatable bonds is 4. The Morgan fingerprint density at radius 3 is 1.70 bits per heavy atom. The maximum absolute atomic E-state index is 6.37. The van der Waals surface area contributed by atoms with Crippen LogP contribution < -0.4 is 0 Å². The Morgan fingerprint density at radius 1 is 1.20 bits per heavy atom. The van der Waals surface area contributed by atoms with Gasteiger partial charge in [-0.3, -0.25) is 0 Å². The lowest BCUT2D eigenvalue weighted by atomic mass is 11.0. The zero-order valence-electron chi connectivity index (χ0n) is 6.77. The second-order valence-corrected chi connectivity index (χ2v) is 14.6. The third kappa shape index (κ3) is 2.82. The van der Waals surface area contributed by atoms with Crippen molar-refractivity contribution in [2.24, 2.45) is 0 Å². The molecule has 0 aliphatic heterocycles. The largest absolute Gasteiger partial charge is 0.168 e. The third-order valence-electron chi connectivity index (χ3n) is 1.62. The molecular formula is C6H15Cl2P2+. The van der Waals surface area contributed by atoms with Crippen molar-refractivity contribution in [1.29, 1.82) is 0 Å². The van der Waals surface area contributed by atoms with Crippen molar-refractivity contribution >= 4 is 35.7 Å². The van der Waals surface area contributed by atoms with E-state index in [0.29, 0.717) is 0 Å². The normalized spacial score (nSPS) is 15.3. The van der Waals surface area contributed by atoms with Crippen molar-refractivity contribution in [2.75, 3.05) is 18.5 Å². The highest BCUT2D eigenvalue weighted by Gasteiger charge is 2.40. The smallest absolute Gasteiger partial charge is 0.0568 e. The first-order chi connectivity index (χ1) is 4.60. The zero-order valence-corrected chi connectivity index (χ0v) is 10.1. The highest BCUT2D eigenvalue weighted by molar-refractivity contribution is 8.56. The van der Waals surface area contributed by atoms with Crippen LogP contribution in [0.5, 0.6) is 0 Å². The van der Waals surface area contributed by atoms with Crippen LogP contribution in [0.3, 0.4) is 0 Å². The predicted molar refractivity (Wildman–Crippen MR) is 57.2 cm³/mol. The fourth-order valence-corrected chi connectivity index (χ4v) is 8.60. The minimum Gasteiger partial charge on any atom is -0.0568 e. The molecular weight excluding hydrogens is 205 g/mol. The first-order valence-corrected chi connectivity index (χ1v) is 9.81. The summed E-state index contributed by atoms with van der Waals surface area (Å²) >= 11 is 12.5. The first-order valence-electron chi connectivity index (χ1n) is 3.61. The van der Waals surface area contributed by atoms with Gasteiger partial charge in [0.1, 0.15) is 6.30 Å². The summed E-state index contributed by atoms with van der Waals surface area (Å²) in [5.74, 6) is 0. The molecule has 0 saturated heterocycles. The van der Waals surface area contributed by atoms with Crippen molar-refractivity contribution in [3.8, 4) is 0 Å². The Balaban J connectivity index is 4.02. The summed E-state index contributed by atoms with van der Waals surface area (Å²) in [6.45, 7) is 6.05. The lowest BCUT2D eigenvalue weighted by Crippen LogP contribution is -1.88. The molecule has 0 aliphatic carbocycles. The molecule has 0 aromatic carbocycles. The molecule has 0 aromatic rings. The van der Waals surface area contributed by atoms with Gasteiger partial charge in [0.2, 0.25) is 0 Å². The van der Waals surface area contributed by atoms with Crippen LogP contribution in [0.4, 0.5) is 0 Å². The molecule has 1 atom stereocenters. The maximum atomic E-state index is 6.37. The van der Waals surface area contributed by atoms with Crippen LogP contribution in [-0.2, 0) is 0 Å². The average molecular weight is 220 g/mol. The van der Waals surface area contributed by atoms with Gasteiger partial charge in [0.15, 0.2) is 6.96 Å². The first kappa shape index (κ1) is 11.4. The van der Waals surface area contributed by atoms with E-state index in [-0.39, 0.29) is 6.96 Å². The number of hydrogen-bond acceptors (Lipinski definition) is 0. The van der Waals surface area contributed by atoms with Gasteiger partial charge in [-0.1, -0.05) is 6.92 Å². The molecule has 0 nitrogen and oxygen atoms in total. The van der Waals surface area contributed by atoms with E-state index in [1.165, 1.54) is 0 Å². The van der Waals surface area contributed by atoms with Crippen LogP contribution >= 0.6 is 35.7 Å². The molecule has 0 N–H and O–H groups in total. The van der Waals surface area contributed by atoms with E-state index in [4.69, 9.17) is 22.5 Å². The van der Waals surface area contributed by atoms with Gasteiger partial charge in [-0.15, -0.1) is 0 Å². The Labute approximate surface area is 75.2 Å². The third-order valence-corrected chi connectivity index (χ3v) is 16.8. The minimum atomic E-state index is -1.22. The molecule has 0 bridgehead atoms. The van der Waals surface area contributed by atoms with Gasteiger partial charge in [-0.25, -0.2) is 0 Å². The molecule has 1 unspecified atom stereocenters. The molecule has 0 fully saturated rings. The van der Waals surface area contributed by atoms with E-state index >= 15 is 0 Å². The summed E-state index contributed by atoms with van der Waals surface area (Å²) in [6.07, 6.45) is 2.03. The number of halogens is 2. The van der Waals surface area contributed by atoms with Crippen molar-refractivity contribution < 1.29 is 0 Å². The van der Waals surface area contributed by atoms with Crippen LogP contribution in [0.2, 0.25) is 0 Å². The van der Waals surface area contributed by atoms with Gasteiger partial charge in [0, 0.05) is 6.16 Å². The SMILES string of the molecule is CCP(Cl)[P+](Cl)(CC)CC. The molecule has 62 valence electrons. The monoisotopic (exact) mass is 219 g/mol. The van der Waals surface area contributed by atoms with Gasteiger partial charge in [-0.2, -0.15) is 0 Å². The Hall–Kier alpha value is 1.44. The standard InChI is InChI=1S/C6H15Cl2P2/c1-4-9(7)10(8,5-2)6-3/h4-6H2,1-3H3/q+1.